The van der Waals surface area contributed by atoms with Crippen LogP contribution >= 0.6 is 34.3 Å². The summed E-state index contributed by atoms with van der Waals surface area (Å²) in [6.07, 6.45) is 8.50. The van der Waals surface area contributed by atoms with Gasteiger partial charge in [-0.3, -0.25) is 19.2 Å². The summed E-state index contributed by atoms with van der Waals surface area (Å²) < 4.78 is 13.5. The molecule has 18 heteroatoms. The number of likely N-dealkylation sites (tertiary alicyclic amines) is 2. The van der Waals surface area contributed by atoms with E-state index in [1.54, 1.807) is 34.2 Å². The summed E-state index contributed by atoms with van der Waals surface area (Å²) in [6, 6.07) is 9.01. The maximum atomic E-state index is 13.5. The Morgan fingerprint density at radius 1 is 0.800 bits per heavy atom. The molecule has 4 amide bonds. The maximum Gasteiger partial charge on any atom is 0.251 e. The lowest BCUT2D eigenvalue weighted by Gasteiger charge is -2.08. The highest BCUT2D eigenvalue weighted by atomic mass is 35.5. The molecule has 2 saturated heterocycles. The average Bonchev–Trinajstić information content (AvgIpc) is 3.92. The van der Waals surface area contributed by atoms with Crippen molar-refractivity contribution in [3.05, 3.63) is 70.8 Å². The van der Waals surface area contributed by atoms with Crippen molar-refractivity contribution in [2.75, 3.05) is 36.8 Å². The zero-order valence-electron chi connectivity index (χ0n) is 26.1. The number of amides is 4. The Bertz CT molecular complexity index is 1900. The number of nitrogens with zero attached hydrogens (tertiary/aromatic N) is 6. The van der Waals surface area contributed by atoms with Crippen molar-refractivity contribution >= 4 is 68.2 Å². The first kappa shape index (κ1) is 35.7. The summed E-state index contributed by atoms with van der Waals surface area (Å²) in [7, 11) is 0. The third kappa shape index (κ3) is 8.50. The predicted octanol–water partition coefficient (Wildman–Crippen LogP) is 4.09. The summed E-state index contributed by atoms with van der Waals surface area (Å²) >= 11 is 8.45. The predicted molar refractivity (Wildman–Crippen MR) is 185 cm³/mol. The lowest BCUT2D eigenvalue weighted by atomic mass is 10.1. The van der Waals surface area contributed by atoms with Gasteiger partial charge in [0.2, 0.25) is 17.7 Å². The van der Waals surface area contributed by atoms with Gasteiger partial charge in [0.05, 0.1) is 37.7 Å². The van der Waals surface area contributed by atoms with Gasteiger partial charge in [0.1, 0.15) is 5.82 Å². The van der Waals surface area contributed by atoms with Crippen LogP contribution in [0.15, 0.2) is 48.8 Å². The maximum absolute atomic E-state index is 13.5. The second kappa shape index (κ2) is 15.7. The number of carbonyl (C=O) groups is 4. The van der Waals surface area contributed by atoms with Crippen LogP contribution in [0.5, 0.6) is 0 Å². The number of hydrogen-bond donors (Lipinski definition) is 4. The lowest BCUT2D eigenvalue weighted by Crippen LogP contribution is -2.25. The number of aromatic nitrogens is 2. The molecule has 2 aromatic carbocycles. The first-order valence-corrected chi connectivity index (χ1v) is 17.0. The highest BCUT2D eigenvalue weighted by molar-refractivity contribution is 7.19. The third-order valence-electron chi connectivity index (χ3n) is 7.91. The zero-order chi connectivity index (χ0) is 35.9. The second-order valence-corrected chi connectivity index (χ2v) is 13.7. The van der Waals surface area contributed by atoms with Crippen molar-refractivity contribution < 1.29 is 23.6 Å². The first-order valence-electron chi connectivity index (χ1n) is 15.0. The molecule has 14 nitrogen and oxygen atoms in total. The number of halogens is 2. The minimum Gasteiger partial charge on any atom is -0.366 e. The van der Waals surface area contributed by atoms with Crippen molar-refractivity contribution in [2.45, 2.75) is 12.8 Å². The molecule has 256 valence electrons. The van der Waals surface area contributed by atoms with Crippen LogP contribution in [0.3, 0.4) is 0 Å². The van der Waals surface area contributed by atoms with Crippen molar-refractivity contribution in [3.8, 4) is 33.3 Å². The van der Waals surface area contributed by atoms with Gasteiger partial charge in [-0.2, -0.15) is 10.5 Å². The Morgan fingerprint density at radius 2 is 1.26 bits per heavy atom. The van der Waals surface area contributed by atoms with E-state index in [4.69, 9.17) is 33.6 Å². The van der Waals surface area contributed by atoms with Gasteiger partial charge in [0.25, 0.3) is 5.91 Å². The van der Waals surface area contributed by atoms with Gasteiger partial charge >= 0.3 is 0 Å². The van der Waals surface area contributed by atoms with E-state index in [9.17, 15) is 23.6 Å². The number of benzene rings is 2. The van der Waals surface area contributed by atoms with Crippen LogP contribution in [0, 0.1) is 40.6 Å². The summed E-state index contributed by atoms with van der Waals surface area (Å²) in [5.41, 5.74) is 11.8. The van der Waals surface area contributed by atoms with E-state index in [1.807, 2.05) is 12.4 Å². The van der Waals surface area contributed by atoms with E-state index < -0.39 is 17.6 Å². The van der Waals surface area contributed by atoms with Crippen LogP contribution in [0.25, 0.3) is 20.9 Å². The SMILES string of the molecule is N#CN1CC[C@H](C(=O)Nc2ncc(-c3ccc(Cl)c(C(N)=O)c3)s2)C1.N#CN1CC[C@H](C(=O)Nc2ncc(-c3ccc(F)c(C(N)=O)c3)s2)C1. The van der Waals surface area contributed by atoms with E-state index in [2.05, 4.69) is 20.6 Å². The fraction of sp³-hybridized carbons (Fsp3) is 0.250. The van der Waals surface area contributed by atoms with Crippen LogP contribution in [-0.4, -0.2) is 69.6 Å². The van der Waals surface area contributed by atoms with Crippen molar-refractivity contribution in [3.63, 3.8) is 0 Å². The van der Waals surface area contributed by atoms with Crippen LogP contribution in [-0.2, 0) is 9.59 Å². The average molecular weight is 735 g/mol. The summed E-state index contributed by atoms with van der Waals surface area (Å²) in [5, 5.41) is 24.4. The molecule has 0 spiro atoms. The fourth-order valence-corrected chi connectivity index (χ4v) is 7.05. The minimum absolute atomic E-state index is 0.146. The molecule has 0 aliphatic carbocycles. The number of primary amides is 2. The zero-order valence-corrected chi connectivity index (χ0v) is 28.4. The smallest absolute Gasteiger partial charge is 0.251 e. The molecule has 2 aliphatic heterocycles. The fourth-order valence-electron chi connectivity index (χ4n) is 5.21. The number of carbonyl (C=O) groups excluding carboxylic acids is 4. The number of rotatable bonds is 8. The molecule has 4 aromatic rings. The molecule has 6 rings (SSSR count). The Balaban J connectivity index is 0.000000194. The molecular weight excluding hydrogens is 707 g/mol. The highest BCUT2D eigenvalue weighted by Gasteiger charge is 2.29. The Labute approximate surface area is 298 Å². The van der Waals surface area contributed by atoms with Gasteiger partial charge in [0, 0.05) is 38.6 Å². The lowest BCUT2D eigenvalue weighted by molar-refractivity contribution is -0.120. The second-order valence-electron chi connectivity index (χ2n) is 11.2. The van der Waals surface area contributed by atoms with Gasteiger partial charge in [-0.15, -0.1) is 0 Å². The van der Waals surface area contributed by atoms with E-state index >= 15 is 0 Å². The molecule has 0 bridgehead atoms. The quantitative estimate of drug-likeness (QED) is 0.190. The van der Waals surface area contributed by atoms with E-state index in [0.29, 0.717) is 59.7 Å². The largest absolute Gasteiger partial charge is 0.366 e. The van der Waals surface area contributed by atoms with E-state index in [-0.39, 0.29) is 39.8 Å². The van der Waals surface area contributed by atoms with Gasteiger partial charge in [-0.1, -0.05) is 46.4 Å². The topological polar surface area (TPSA) is 224 Å². The molecule has 0 radical (unpaired) electrons. The minimum atomic E-state index is -0.847. The Morgan fingerprint density at radius 3 is 1.70 bits per heavy atom. The van der Waals surface area contributed by atoms with Gasteiger partial charge in [0.15, 0.2) is 22.6 Å². The molecule has 50 heavy (non-hydrogen) atoms. The number of thiazole rings is 2. The normalized spacial score (nSPS) is 16.5. The van der Waals surface area contributed by atoms with Crippen molar-refractivity contribution in [1.82, 2.24) is 19.8 Å². The number of anilines is 2. The highest BCUT2D eigenvalue weighted by Crippen LogP contribution is 2.33. The van der Waals surface area contributed by atoms with Crippen molar-refractivity contribution in [2.24, 2.45) is 23.3 Å². The molecule has 0 saturated carbocycles. The standard InChI is InChI=1S/C16H14ClN5O2S.C16H14FN5O2S/c2*17-12-2-1-9(5-11(12)14(19)23)13-6-20-16(25-13)21-15(24)10-3-4-22(7-10)8-18/h2*1-2,5-6,10H,3-4,7H2,(H2,19,23)(H,20,21,24)/t2*10-/m00/s1. The summed E-state index contributed by atoms with van der Waals surface area (Å²) in [6.45, 7) is 2.00. The first-order chi connectivity index (χ1) is 23.9. The summed E-state index contributed by atoms with van der Waals surface area (Å²) in [4.78, 5) is 60.0. The molecule has 2 fully saturated rings. The molecule has 0 unspecified atom stereocenters. The van der Waals surface area contributed by atoms with Crippen LogP contribution in [0.4, 0.5) is 14.7 Å². The molecule has 2 aromatic heterocycles. The number of nitrogens with one attached hydrogen (secondary N) is 2. The monoisotopic (exact) mass is 734 g/mol. The Hall–Kier alpha value is -5.62. The molecule has 6 N–H and O–H groups in total. The molecule has 2 aliphatic rings. The van der Waals surface area contributed by atoms with Crippen LogP contribution in [0.1, 0.15) is 33.6 Å². The van der Waals surface area contributed by atoms with Crippen LogP contribution in [0.2, 0.25) is 5.02 Å². The summed E-state index contributed by atoms with van der Waals surface area (Å²) in [5.74, 6) is -2.93. The molecule has 4 heterocycles. The number of nitriles is 2. The van der Waals surface area contributed by atoms with Gasteiger partial charge in [-0.25, -0.2) is 14.4 Å². The Kier molecular flexibility index (Phi) is 11.2. The van der Waals surface area contributed by atoms with Gasteiger partial charge in [-0.05, 0) is 48.2 Å². The number of hydrogen-bond acceptors (Lipinski definition) is 12. The van der Waals surface area contributed by atoms with Gasteiger partial charge < -0.3 is 31.9 Å². The molecule has 2 atom stereocenters. The van der Waals surface area contributed by atoms with Crippen LogP contribution < -0.4 is 22.1 Å². The molecular formula is C32H28ClFN10O4S2. The van der Waals surface area contributed by atoms with Crippen molar-refractivity contribution in [1.29, 1.82) is 10.5 Å². The number of nitrogens with two attached hydrogens (primary N) is 2. The van der Waals surface area contributed by atoms with E-state index in [0.717, 1.165) is 10.4 Å². The van der Waals surface area contributed by atoms with E-state index in [1.165, 1.54) is 47.1 Å². The third-order valence-corrected chi connectivity index (χ3v) is 10.2.